The van der Waals surface area contributed by atoms with Gasteiger partial charge in [0.2, 0.25) is 0 Å². The van der Waals surface area contributed by atoms with E-state index >= 15 is 0 Å². The second-order valence-corrected chi connectivity index (χ2v) is 4.51. The summed E-state index contributed by atoms with van der Waals surface area (Å²) in [5.41, 5.74) is 0.0533. The third-order valence-corrected chi connectivity index (χ3v) is 2.14. The highest BCUT2D eigenvalue weighted by Crippen LogP contribution is 2.33. The molecule has 0 spiro atoms. The quantitative estimate of drug-likeness (QED) is 0.765. The summed E-state index contributed by atoms with van der Waals surface area (Å²) in [4.78, 5) is 11.1. The average molecular weight is 233 g/mol. The molecule has 12 heavy (non-hydrogen) atoms. The Labute approximate surface area is 80.7 Å². The molecular formula is C8H13BrN2O. The number of hydrogen-bond donors (Lipinski definition) is 2. The standard InChI is InChI=1S/C8H13BrN2O/c1-6(9)5-10-7(12)11-8(2)3-4-8/h1,3-5H2,2H3,(H2,10,11,12). The van der Waals surface area contributed by atoms with Crippen LogP contribution in [0.25, 0.3) is 0 Å². The molecule has 4 heteroatoms. The smallest absolute Gasteiger partial charge is 0.315 e. The summed E-state index contributed by atoms with van der Waals surface area (Å²) < 4.78 is 0.776. The lowest BCUT2D eigenvalue weighted by Crippen LogP contribution is -2.42. The summed E-state index contributed by atoms with van der Waals surface area (Å²) in [6, 6.07) is -0.115. The van der Waals surface area contributed by atoms with E-state index in [0.29, 0.717) is 6.54 Å². The van der Waals surface area contributed by atoms with Crippen LogP contribution in [0.3, 0.4) is 0 Å². The average Bonchev–Trinajstić information content (AvgIpc) is 2.64. The molecule has 0 aromatic rings. The van der Waals surface area contributed by atoms with Crippen LogP contribution in [0, 0.1) is 0 Å². The van der Waals surface area contributed by atoms with Gasteiger partial charge in [-0.2, -0.15) is 0 Å². The molecule has 0 aliphatic heterocycles. The monoisotopic (exact) mass is 232 g/mol. The Hall–Kier alpha value is -0.510. The van der Waals surface area contributed by atoms with Crippen molar-refractivity contribution >= 4 is 22.0 Å². The first kappa shape index (κ1) is 9.58. The van der Waals surface area contributed by atoms with Crippen molar-refractivity contribution in [3.05, 3.63) is 11.1 Å². The lowest BCUT2D eigenvalue weighted by molar-refractivity contribution is 0.238. The van der Waals surface area contributed by atoms with E-state index in [1.54, 1.807) is 0 Å². The Balaban J connectivity index is 2.16. The maximum absolute atomic E-state index is 11.1. The fraction of sp³-hybridized carbons (Fsp3) is 0.625. The van der Waals surface area contributed by atoms with Crippen molar-refractivity contribution < 1.29 is 4.79 Å². The van der Waals surface area contributed by atoms with Crippen LogP contribution >= 0.6 is 15.9 Å². The van der Waals surface area contributed by atoms with Gasteiger partial charge in [-0.1, -0.05) is 22.5 Å². The topological polar surface area (TPSA) is 41.1 Å². The highest BCUT2D eigenvalue weighted by atomic mass is 79.9. The van der Waals surface area contributed by atoms with Crippen molar-refractivity contribution in [2.75, 3.05) is 6.54 Å². The third-order valence-electron chi connectivity index (χ3n) is 1.86. The summed E-state index contributed by atoms with van der Waals surface area (Å²) in [5.74, 6) is 0. The highest BCUT2D eigenvalue weighted by Gasteiger charge is 2.38. The number of carbonyl (C=O) groups is 1. The van der Waals surface area contributed by atoms with E-state index in [4.69, 9.17) is 0 Å². The summed E-state index contributed by atoms with van der Waals surface area (Å²) in [6.45, 7) is 6.12. The molecule has 1 rings (SSSR count). The minimum Gasteiger partial charge on any atom is -0.334 e. The van der Waals surface area contributed by atoms with Crippen molar-refractivity contribution in [1.29, 1.82) is 0 Å². The van der Waals surface area contributed by atoms with Crippen molar-refractivity contribution in [3.8, 4) is 0 Å². The molecule has 1 aliphatic rings. The minimum absolute atomic E-state index is 0.0533. The Bertz CT molecular complexity index is 211. The van der Waals surface area contributed by atoms with Gasteiger partial charge < -0.3 is 10.6 Å². The lowest BCUT2D eigenvalue weighted by atomic mass is 10.3. The van der Waals surface area contributed by atoms with Crippen LogP contribution in [0.5, 0.6) is 0 Å². The van der Waals surface area contributed by atoms with Crippen LogP contribution in [0.4, 0.5) is 4.79 Å². The summed E-state index contributed by atoms with van der Waals surface area (Å²) in [5, 5.41) is 5.56. The van der Waals surface area contributed by atoms with Crippen LogP contribution < -0.4 is 10.6 Å². The van der Waals surface area contributed by atoms with Crippen molar-refractivity contribution in [2.45, 2.75) is 25.3 Å². The number of amides is 2. The molecule has 1 saturated carbocycles. The lowest BCUT2D eigenvalue weighted by Gasteiger charge is -2.11. The van der Waals surface area contributed by atoms with Crippen LogP contribution in [0.15, 0.2) is 11.1 Å². The molecule has 2 amide bonds. The number of rotatable bonds is 3. The Morgan fingerprint density at radius 3 is 2.67 bits per heavy atom. The molecule has 0 saturated heterocycles. The van der Waals surface area contributed by atoms with Gasteiger partial charge in [0, 0.05) is 10.0 Å². The second kappa shape index (κ2) is 3.47. The van der Waals surface area contributed by atoms with Crippen molar-refractivity contribution in [1.82, 2.24) is 10.6 Å². The van der Waals surface area contributed by atoms with E-state index in [1.807, 2.05) is 6.92 Å². The number of nitrogens with one attached hydrogen (secondary N) is 2. The van der Waals surface area contributed by atoms with Crippen molar-refractivity contribution in [3.63, 3.8) is 0 Å². The van der Waals surface area contributed by atoms with E-state index in [1.165, 1.54) is 0 Å². The first-order valence-electron chi connectivity index (χ1n) is 3.91. The number of halogens is 1. The van der Waals surface area contributed by atoms with Gasteiger partial charge >= 0.3 is 6.03 Å². The molecule has 0 radical (unpaired) electrons. The Kier molecular flexibility index (Phi) is 2.77. The van der Waals surface area contributed by atoms with Gasteiger partial charge in [-0.05, 0) is 19.8 Å². The van der Waals surface area contributed by atoms with Gasteiger partial charge in [-0.3, -0.25) is 0 Å². The van der Waals surface area contributed by atoms with Crippen LogP contribution in [0.1, 0.15) is 19.8 Å². The fourth-order valence-corrected chi connectivity index (χ4v) is 0.947. The Morgan fingerprint density at radius 1 is 1.67 bits per heavy atom. The van der Waals surface area contributed by atoms with E-state index in [2.05, 4.69) is 33.1 Å². The normalized spacial score (nSPS) is 18.2. The van der Waals surface area contributed by atoms with Crippen LogP contribution in [-0.2, 0) is 0 Å². The Morgan fingerprint density at radius 2 is 2.25 bits per heavy atom. The maximum Gasteiger partial charge on any atom is 0.315 e. The highest BCUT2D eigenvalue weighted by molar-refractivity contribution is 9.11. The maximum atomic E-state index is 11.1. The molecule has 3 nitrogen and oxygen atoms in total. The third kappa shape index (κ3) is 3.26. The first-order valence-corrected chi connectivity index (χ1v) is 4.70. The number of carbonyl (C=O) groups excluding carboxylic acids is 1. The largest absolute Gasteiger partial charge is 0.334 e. The number of hydrogen-bond acceptors (Lipinski definition) is 1. The van der Waals surface area contributed by atoms with Crippen LogP contribution in [0.2, 0.25) is 0 Å². The van der Waals surface area contributed by atoms with Gasteiger partial charge in [0.15, 0.2) is 0 Å². The summed E-state index contributed by atoms with van der Waals surface area (Å²) in [6.07, 6.45) is 2.16. The summed E-state index contributed by atoms with van der Waals surface area (Å²) >= 11 is 3.16. The van der Waals surface area contributed by atoms with E-state index in [0.717, 1.165) is 17.3 Å². The van der Waals surface area contributed by atoms with E-state index in [9.17, 15) is 4.79 Å². The molecule has 0 heterocycles. The molecule has 0 atom stereocenters. The molecular weight excluding hydrogens is 220 g/mol. The predicted molar refractivity (Wildman–Crippen MR) is 52.2 cm³/mol. The zero-order valence-corrected chi connectivity index (χ0v) is 8.70. The molecule has 1 fully saturated rings. The second-order valence-electron chi connectivity index (χ2n) is 3.39. The zero-order valence-electron chi connectivity index (χ0n) is 7.11. The van der Waals surface area contributed by atoms with Gasteiger partial charge in [-0.15, -0.1) is 0 Å². The summed E-state index contributed by atoms with van der Waals surface area (Å²) in [7, 11) is 0. The van der Waals surface area contributed by atoms with Gasteiger partial charge in [0.25, 0.3) is 0 Å². The van der Waals surface area contributed by atoms with Crippen LogP contribution in [-0.4, -0.2) is 18.1 Å². The van der Waals surface area contributed by atoms with Gasteiger partial charge in [-0.25, -0.2) is 4.79 Å². The van der Waals surface area contributed by atoms with Gasteiger partial charge in [0.05, 0.1) is 6.54 Å². The van der Waals surface area contributed by atoms with E-state index < -0.39 is 0 Å². The predicted octanol–water partition coefficient (Wildman–Crippen LogP) is 1.75. The zero-order chi connectivity index (χ0) is 9.19. The first-order chi connectivity index (χ1) is 5.52. The molecule has 2 N–H and O–H groups in total. The molecule has 0 aromatic heterocycles. The van der Waals surface area contributed by atoms with Crippen molar-refractivity contribution in [2.24, 2.45) is 0 Å². The van der Waals surface area contributed by atoms with Gasteiger partial charge in [0.1, 0.15) is 0 Å². The molecule has 0 aromatic carbocycles. The molecule has 1 aliphatic carbocycles. The molecule has 68 valence electrons. The SMILES string of the molecule is C=C(Br)CNC(=O)NC1(C)CC1. The molecule has 0 bridgehead atoms. The number of urea groups is 1. The fourth-order valence-electron chi connectivity index (χ4n) is 0.807. The minimum atomic E-state index is -0.115. The molecule has 0 unspecified atom stereocenters. The van der Waals surface area contributed by atoms with E-state index in [-0.39, 0.29) is 11.6 Å².